The predicted octanol–water partition coefficient (Wildman–Crippen LogP) is 2.36. The Bertz CT molecular complexity index is 408. The molecule has 0 unspecified atom stereocenters. The van der Waals surface area contributed by atoms with E-state index >= 15 is 0 Å². The molecule has 14 heavy (non-hydrogen) atoms. The van der Waals surface area contributed by atoms with Crippen LogP contribution in [-0.4, -0.2) is 10.1 Å². The van der Waals surface area contributed by atoms with Crippen molar-refractivity contribution in [2.45, 2.75) is 20.4 Å². The Kier molecular flexibility index (Phi) is 2.49. The minimum absolute atomic E-state index is 0.736. The van der Waals surface area contributed by atoms with Crippen LogP contribution in [0.4, 0.5) is 5.88 Å². The first-order chi connectivity index (χ1) is 6.77. The summed E-state index contributed by atoms with van der Waals surface area (Å²) in [6.45, 7) is 4.65. The first kappa shape index (κ1) is 9.21. The van der Waals surface area contributed by atoms with Gasteiger partial charge in [-0.3, -0.25) is 4.98 Å². The molecule has 0 amide bonds. The number of rotatable bonds is 3. The van der Waals surface area contributed by atoms with Crippen molar-refractivity contribution >= 4 is 17.2 Å². The van der Waals surface area contributed by atoms with Crippen LogP contribution in [0.5, 0.6) is 0 Å². The third kappa shape index (κ3) is 1.77. The standard InChI is InChI=1S/C9H11N3OS/c1-6-7(2)12-13-9(6)11-4-8-3-10-5-14-8/h3,5,11H,4H2,1-2H3. The van der Waals surface area contributed by atoms with Crippen LogP contribution in [0.3, 0.4) is 0 Å². The van der Waals surface area contributed by atoms with E-state index in [1.807, 2.05) is 25.6 Å². The van der Waals surface area contributed by atoms with Crippen LogP contribution in [0.1, 0.15) is 16.1 Å². The Hall–Kier alpha value is -1.36. The van der Waals surface area contributed by atoms with E-state index in [2.05, 4.69) is 15.5 Å². The molecule has 2 aromatic heterocycles. The van der Waals surface area contributed by atoms with Crippen LogP contribution in [0.2, 0.25) is 0 Å². The van der Waals surface area contributed by atoms with E-state index in [0.717, 1.165) is 23.7 Å². The zero-order valence-corrected chi connectivity index (χ0v) is 8.89. The molecule has 0 bridgehead atoms. The lowest BCUT2D eigenvalue weighted by molar-refractivity contribution is 0.426. The van der Waals surface area contributed by atoms with E-state index in [0.29, 0.717) is 0 Å². The Balaban J connectivity index is 2.02. The number of aromatic nitrogens is 2. The van der Waals surface area contributed by atoms with E-state index in [1.165, 1.54) is 4.88 Å². The Morgan fingerprint density at radius 1 is 1.50 bits per heavy atom. The summed E-state index contributed by atoms with van der Waals surface area (Å²) < 4.78 is 5.12. The monoisotopic (exact) mass is 209 g/mol. The fraction of sp³-hybridized carbons (Fsp3) is 0.333. The molecule has 1 N–H and O–H groups in total. The third-order valence-electron chi connectivity index (χ3n) is 2.06. The zero-order chi connectivity index (χ0) is 9.97. The zero-order valence-electron chi connectivity index (χ0n) is 8.07. The summed E-state index contributed by atoms with van der Waals surface area (Å²) in [6, 6.07) is 0. The highest BCUT2D eigenvalue weighted by Crippen LogP contribution is 2.18. The van der Waals surface area contributed by atoms with Crippen LogP contribution in [0, 0.1) is 13.8 Å². The molecule has 0 aliphatic rings. The van der Waals surface area contributed by atoms with Crippen molar-refractivity contribution in [3.63, 3.8) is 0 Å². The van der Waals surface area contributed by atoms with Gasteiger partial charge in [0.2, 0.25) is 5.88 Å². The summed E-state index contributed by atoms with van der Waals surface area (Å²) in [5.74, 6) is 0.746. The summed E-state index contributed by atoms with van der Waals surface area (Å²) in [5.41, 5.74) is 3.81. The second-order valence-corrected chi connectivity index (χ2v) is 4.01. The van der Waals surface area contributed by atoms with Crippen molar-refractivity contribution in [3.05, 3.63) is 27.8 Å². The van der Waals surface area contributed by atoms with Crippen molar-refractivity contribution in [1.82, 2.24) is 10.1 Å². The fourth-order valence-corrected chi connectivity index (χ4v) is 1.61. The molecule has 0 saturated heterocycles. The maximum Gasteiger partial charge on any atom is 0.228 e. The van der Waals surface area contributed by atoms with E-state index in [9.17, 15) is 0 Å². The van der Waals surface area contributed by atoms with Gasteiger partial charge in [-0.2, -0.15) is 0 Å². The first-order valence-electron chi connectivity index (χ1n) is 4.31. The normalized spacial score (nSPS) is 10.4. The van der Waals surface area contributed by atoms with Crippen LogP contribution in [0.15, 0.2) is 16.2 Å². The fourth-order valence-electron chi connectivity index (χ4n) is 1.08. The average Bonchev–Trinajstić information content (AvgIpc) is 2.77. The highest BCUT2D eigenvalue weighted by Gasteiger charge is 2.07. The summed E-state index contributed by atoms with van der Waals surface area (Å²) >= 11 is 1.62. The summed E-state index contributed by atoms with van der Waals surface area (Å²) in [5, 5.41) is 7.04. The van der Waals surface area contributed by atoms with Gasteiger partial charge in [0.1, 0.15) is 0 Å². The molecule has 0 radical (unpaired) electrons. The number of hydrogen-bond acceptors (Lipinski definition) is 5. The van der Waals surface area contributed by atoms with Crippen LogP contribution in [-0.2, 0) is 6.54 Å². The van der Waals surface area contributed by atoms with Gasteiger partial charge in [0.25, 0.3) is 0 Å². The molecular weight excluding hydrogens is 198 g/mol. The van der Waals surface area contributed by atoms with E-state index in [-0.39, 0.29) is 0 Å². The highest BCUT2D eigenvalue weighted by atomic mass is 32.1. The number of anilines is 1. The molecule has 0 aliphatic carbocycles. The van der Waals surface area contributed by atoms with Gasteiger partial charge in [-0.05, 0) is 13.8 Å². The average molecular weight is 209 g/mol. The van der Waals surface area contributed by atoms with Gasteiger partial charge in [0.05, 0.1) is 17.7 Å². The predicted molar refractivity (Wildman–Crippen MR) is 55.4 cm³/mol. The molecule has 2 rings (SSSR count). The number of thiazole rings is 1. The van der Waals surface area contributed by atoms with Crippen molar-refractivity contribution in [3.8, 4) is 0 Å². The van der Waals surface area contributed by atoms with Gasteiger partial charge in [-0.15, -0.1) is 11.3 Å². The molecule has 74 valence electrons. The van der Waals surface area contributed by atoms with Crippen LogP contribution >= 0.6 is 11.3 Å². The SMILES string of the molecule is Cc1noc(NCc2cncs2)c1C. The van der Waals surface area contributed by atoms with E-state index in [4.69, 9.17) is 4.52 Å². The van der Waals surface area contributed by atoms with Gasteiger partial charge < -0.3 is 9.84 Å². The van der Waals surface area contributed by atoms with Gasteiger partial charge in [0, 0.05) is 16.6 Å². The largest absolute Gasteiger partial charge is 0.349 e. The molecule has 0 atom stereocenters. The van der Waals surface area contributed by atoms with E-state index in [1.54, 1.807) is 11.3 Å². The van der Waals surface area contributed by atoms with E-state index < -0.39 is 0 Å². The number of nitrogens with zero attached hydrogens (tertiary/aromatic N) is 2. The molecule has 2 heterocycles. The summed E-state index contributed by atoms with van der Waals surface area (Å²) in [6.07, 6.45) is 1.84. The smallest absolute Gasteiger partial charge is 0.228 e. The number of hydrogen-bond donors (Lipinski definition) is 1. The molecule has 0 saturated carbocycles. The Labute approximate surface area is 86.0 Å². The molecule has 2 aromatic rings. The Morgan fingerprint density at radius 3 is 2.93 bits per heavy atom. The maximum atomic E-state index is 5.12. The quantitative estimate of drug-likeness (QED) is 0.843. The lowest BCUT2D eigenvalue weighted by Gasteiger charge is -1.99. The topological polar surface area (TPSA) is 51.0 Å². The van der Waals surface area contributed by atoms with Crippen molar-refractivity contribution in [2.24, 2.45) is 0 Å². The van der Waals surface area contributed by atoms with Crippen molar-refractivity contribution in [2.75, 3.05) is 5.32 Å². The maximum absolute atomic E-state index is 5.12. The van der Waals surface area contributed by atoms with Crippen LogP contribution in [0.25, 0.3) is 0 Å². The second kappa shape index (κ2) is 3.79. The molecule has 4 nitrogen and oxygen atoms in total. The lowest BCUT2D eigenvalue weighted by Crippen LogP contribution is -1.97. The molecule has 0 spiro atoms. The molecule has 0 aliphatic heterocycles. The van der Waals surface area contributed by atoms with Crippen molar-refractivity contribution < 1.29 is 4.52 Å². The van der Waals surface area contributed by atoms with Gasteiger partial charge >= 0.3 is 0 Å². The van der Waals surface area contributed by atoms with Crippen LogP contribution < -0.4 is 5.32 Å². The molecule has 5 heteroatoms. The first-order valence-corrected chi connectivity index (χ1v) is 5.19. The number of nitrogens with one attached hydrogen (secondary N) is 1. The van der Waals surface area contributed by atoms with Gasteiger partial charge in [-0.25, -0.2) is 0 Å². The van der Waals surface area contributed by atoms with Gasteiger partial charge in [-0.1, -0.05) is 5.16 Å². The minimum Gasteiger partial charge on any atom is -0.349 e. The van der Waals surface area contributed by atoms with Crippen molar-refractivity contribution in [1.29, 1.82) is 0 Å². The third-order valence-corrected chi connectivity index (χ3v) is 2.84. The molecule has 0 aromatic carbocycles. The lowest BCUT2D eigenvalue weighted by atomic mass is 10.3. The summed E-state index contributed by atoms with van der Waals surface area (Å²) in [7, 11) is 0. The Morgan fingerprint density at radius 2 is 2.36 bits per heavy atom. The van der Waals surface area contributed by atoms with Gasteiger partial charge in [0.15, 0.2) is 0 Å². The minimum atomic E-state index is 0.736. The molecule has 0 fully saturated rings. The number of aryl methyl sites for hydroxylation is 1. The summed E-state index contributed by atoms with van der Waals surface area (Å²) in [4.78, 5) is 5.17. The molecular formula is C9H11N3OS. The highest BCUT2D eigenvalue weighted by molar-refractivity contribution is 7.09. The second-order valence-electron chi connectivity index (χ2n) is 3.04.